The Hall–Kier alpha value is -1.56. The van der Waals surface area contributed by atoms with E-state index in [1.165, 1.54) is 0 Å². The van der Waals surface area contributed by atoms with E-state index in [1.807, 2.05) is 6.92 Å². The quantitative estimate of drug-likeness (QED) is 0.812. The number of hydrogen-bond acceptors (Lipinski definition) is 2. The fraction of sp³-hybridized carbons (Fsp3) is 0.462. The maximum atomic E-state index is 13.4. The highest BCUT2D eigenvalue weighted by atomic mass is 19.2. The number of carbonyl (C=O) groups excluding carboxylic acids is 1. The van der Waals surface area contributed by atoms with Gasteiger partial charge in [-0.05, 0) is 38.3 Å². The number of piperidine rings is 1. The summed E-state index contributed by atoms with van der Waals surface area (Å²) < 4.78 is 39.2. The molecule has 2 unspecified atom stereocenters. The van der Waals surface area contributed by atoms with Crippen LogP contribution in [0.1, 0.15) is 26.2 Å². The van der Waals surface area contributed by atoms with E-state index in [1.54, 1.807) is 0 Å². The van der Waals surface area contributed by atoms with Gasteiger partial charge in [0.1, 0.15) is 0 Å². The van der Waals surface area contributed by atoms with Crippen molar-refractivity contribution in [2.24, 2.45) is 0 Å². The Morgan fingerprint density at radius 1 is 1.26 bits per heavy atom. The summed E-state index contributed by atoms with van der Waals surface area (Å²) in [5.74, 6) is -4.67. The minimum absolute atomic E-state index is 0.208. The monoisotopic (exact) mass is 272 g/mol. The third-order valence-corrected chi connectivity index (χ3v) is 3.23. The molecule has 0 bridgehead atoms. The van der Waals surface area contributed by atoms with Crippen LogP contribution >= 0.6 is 0 Å². The number of nitrogens with one attached hydrogen (secondary N) is 2. The molecule has 1 saturated heterocycles. The zero-order valence-electron chi connectivity index (χ0n) is 10.5. The Balaban J connectivity index is 2.08. The fourth-order valence-electron chi connectivity index (χ4n) is 2.19. The van der Waals surface area contributed by atoms with Gasteiger partial charge in [-0.15, -0.1) is 0 Å². The van der Waals surface area contributed by atoms with E-state index < -0.39 is 29.4 Å². The van der Waals surface area contributed by atoms with Crippen LogP contribution in [0.3, 0.4) is 0 Å². The van der Waals surface area contributed by atoms with Gasteiger partial charge in [-0.2, -0.15) is 0 Å². The zero-order chi connectivity index (χ0) is 14.0. The van der Waals surface area contributed by atoms with Crippen molar-refractivity contribution in [3.05, 3.63) is 29.6 Å². The molecule has 2 rings (SSSR count). The molecule has 1 aliphatic heterocycles. The molecular weight excluding hydrogens is 257 g/mol. The topological polar surface area (TPSA) is 41.1 Å². The number of benzene rings is 1. The molecule has 19 heavy (non-hydrogen) atoms. The van der Waals surface area contributed by atoms with Crippen molar-refractivity contribution in [3.63, 3.8) is 0 Å². The second kappa shape index (κ2) is 5.61. The van der Waals surface area contributed by atoms with Crippen LogP contribution in [-0.2, 0) is 4.79 Å². The molecule has 6 heteroatoms. The van der Waals surface area contributed by atoms with Crippen molar-refractivity contribution < 1.29 is 18.0 Å². The first-order valence-electron chi connectivity index (χ1n) is 6.19. The first kappa shape index (κ1) is 13.9. The van der Waals surface area contributed by atoms with Crippen molar-refractivity contribution in [1.82, 2.24) is 5.32 Å². The molecule has 1 aliphatic rings. The van der Waals surface area contributed by atoms with Gasteiger partial charge >= 0.3 is 0 Å². The van der Waals surface area contributed by atoms with Gasteiger partial charge < -0.3 is 10.6 Å². The predicted octanol–water partition coefficient (Wildman–Crippen LogP) is 2.57. The van der Waals surface area contributed by atoms with Crippen LogP contribution in [0.4, 0.5) is 18.9 Å². The number of amides is 1. The molecule has 1 heterocycles. The van der Waals surface area contributed by atoms with Crippen LogP contribution in [0.15, 0.2) is 12.1 Å². The molecular formula is C13H15F3N2O. The maximum absolute atomic E-state index is 13.4. The molecule has 3 nitrogen and oxygen atoms in total. The standard InChI is InChI=1S/C13H15F3N2O/c1-7-3-2-4-10(17-7)13(19)18-9-6-5-8(14)11(15)12(9)16/h5-7,10,17H,2-4H2,1H3,(H,18,19). The number of carbonyl (C=O) groups is 1. The van der Waals surface area contributed by atoms with Gasteiger partial charge in [0.05, 0.1) is 11.7 Å². The van der Waals surface area contributed by atoms with Crippen molar-refractivity contribution in [2.75, 3.05) is 5.32 Å². The molecule has 1 aromatic rings. The van der Waals surface area contributed by atoms with E-state index in [0.29, 0.717) is 6.42 Å². The molecule has 0 aliphatic carbocycles. The highest BCUT2D eigenvalue weighted by Crippen LogP contribution is 2.21. The molecule has 104 valence electrons. The van der Waals surface area contributed by atoms with Gasteiger partial charge in [-0.3, -0.25) is 4.79 Å². The number of hydrogen-bond donors (Lipinski definition) is 2. The number of anilines is 1. The first-order valence-corrected chi connectivity index (χ1v) is 6.19. The Morgan fingerprint density at radius 3 is 2.68 bits per heavy atom. The third-order valence-electron chi connectivity index (χ3n) is 3.23. The van der Waals surface area contributed by atoms with E-state index >= 15 is 0 Å². The van der Waals surface area contributed by atoms with Gasteiger partial charge in [0.15, 0.2) is 17.5 Å². The van der Waals surface area contributed by atoms with Crippen molar-refractivity contribution in [1.29, 1.82) is 0 Å². The average Bonchev–Trinajstić information content (AvgIpc) is 2.39. The van der Waals surface area contributed by atoms with Gasteiger partial charge in [0.25, 0.3) is 0 Å². The number of halogens is 3. The smallest absolute Gasteiger partial charge is 0.241 e. The lowest BCUT2D eigenvalue weighted by Gasteiger charge is -2.27. The molecule has 2 atom stereocenters. The Kier molecular flexibility index (Phi) is 4.09. The normalized spacial score (nSPS) is 23.2. The second-order valence-corrected chi connectivity index (χ2v) is 4.76. The van der Waals surface area contributed by atoms with Crippen LogP contribution in [0.5, 0.6) is 0 Å². The summed E-state index contributed by atoms with van der Waals surface area (Å²) >= 11 is 0. The Labute approximate surface area is 109 Å². The summed E-state index contributed by atoms with van der Waals surface area (Å²) in [7, 11) is 0. The summed E-state index contributed by atoms with van der Waals surface area (Å²) in [6, 6.07) is 1.57. The molecule has 0 aromatic heterocycles. The van der Waals surface area contributed by atoms with Gasteiger partial charge in [-0.25, -0.2) is 13.2 Å². The van der Waals surface area contributed by atoms with Crippen LogP contribution in [0.25, 0.3) is 0 Å². The van der Waals surface area contributed by atoms with E-state index in [4.69, 9.17) is 0 Å². The summed E-state index contributed by atoms with van der Waals surface area (Å²) in [6.45, 7) is 1.96. The second-order valence-electron chi connectivity index (χ2n) is 4.76. The average molecular weight is 272 g/mol. The summed E-state index contributed by atoms with van der Waals surface area (Å²) in [5.41, 5.74) is -0.344. The molecule has 2 N–H and O–H groups in total. The lowest BCUT2D eigenvalue weighted by Crippen LogP contribution is -2.47. The van der Waals surface area contributed by atoms with Gasteiger partial charge in [0.2, 0.25) is 5.91 Å². The maximum Gasteiger partial charge on any atom is 0.241 e. The minimum Gasteiger partial charge on any atom is -0.322 e. The SMILES string of the molecule is CC1CCCC(C(=O)Nc2ccc(F)c(F)c2F)N1. The zero-order valence-corrected chi connectivity index (χ0v) is 10.5. The molecule has 0 radical (unpaired) electrons. The van der Waals surface area contributed by atoms with Crippen molar-refractivity contribution >= 4 is 11.6 Å². The Bertz CT molecular complexity index is 493. The fourth-order valence-corrected chi connectivity index (χ4v) is 2.19. The summed E-state index contributed by atoms with van der Waals surface area (Å²) in [4.78, 5) is 11.9. The summed E-state index contributed by atoms with van der Waals surface area (Å²) in [6.07, 6.45) is 2.51. The lowest BCUT2D eigenvalue weighted by atomic mass is 9.99. The van der Waals surface area contributed by atoms with E-state index in [2.05, 4.69) is 10.6 Å². The largest absolute Gasteiger partial charge is 0.322 e. The van der Waals surface area contributed by atoms with Gasteiger partial charge in [0, 0.05) is 6.04 Å². The lowest BCUT2D eigenvalue weighted by molar-refractivity contribution is -0.118. The van der Waals surface area contributed by atoms with Crippen LogP contribution in [0, 0.1) is 17.5 Å². The molecule has 0 saturated carbocycles. The predicted molar refractivity (Wildman–Crippen MR) is 65.2 cm³/mol. The third kappa shape index (κ3) is 3.07. The number of rotatable bonds is 2. The van der Waals surface area contributed by atoms with E-state index in [-0.39, 0.29) is 11.7 Å². The molecule has 1 aromatic carbocycles. The first-order chi connectivity index (χ1) is 8.99. The Morgan fingerprint density at radius 2 is 2.00 bits per heavy atom. The van der Waals surface area contributed by atoms with Gasteiger partial charge in [-0.1, -0.05) is 0 Å². The van der Waals surface area contributed by atoms with Crippen LogP contribution < -0.4 is 10.6 Å². The van der Waals surface area contributed by atoms with Crippen molar-refractivity contribution in [3.8, 4) is 0 Å². The highest BCUT2D eigenvalue weighted by Gasteiger charge is 2.25. The minimum atomic E-state index is -1.58. The van der Waals surface area contributed by atoms with E-state index in [9.17, 15) is 18.0 Å². The molecule has 1 fully saturated rings. The molecule has 1 amide bonds. The molecule has 0 spiro atoms. The van der Waals surface area contributed by atoms with Crippen LogP contribution in [0.2, 0.25) is 0 Å². The van der Waals surface area contributed by atoms with Crippen LogP contribution in [-0.4, -0.2) is 18.0 Å². The summed E-state index contributed by atoms with van der Waals surface area (Å²) in [5, 5.41) is 5.36. The highest BCUT2D eigenvalue weighted by molar-refractivity contribution is 5.95. The van der Waals surface area contributed by atoms with E-state index in [0.717, 1.165) is 25.0 Å². The van der Waals surface area contributed by atoms with Crippen molar-refractivity contribution in [2.45, 2.75) is 38.3 Å².